The minimum Gasteiger partial charge on any atom is -0.493 e. The highest BCUT2D eigenvalue weighted by Crippen LogP contribution is 2.28. The first kappa shape index (κ1) is 19.1. The topological polar surface area (TPSA) is 51.2 Å². The Kier molecular flexibility index (Phi) is 6.24. The molecule has 140 valence electrons. The van der Waals surface area contributed by atoms with Crippen molar-refractivity contribution in [3.8, 4) is 17.0 Å². The maximum Gasteiger partial charge on any atom is 0.261 e. The average molecular weight is 381 g/mol. The summed E-state index contributed by atoms with van der Waals surface area (Å²) in [6.45, 7) is 6.83. The number of thiazole rings is 1. The Morgan fingerprint density at radius 1 is 1.15 bits per heavy atom. The van der Waals surface area contributed by atoms with Gasteiger partial charge in [0, 0.05) is 10.9 Å². The van der Waals surface area contributed by atoms with Gasteiger partial charge in [-0.25, -0.2) is 4.98 Å². The predicted molar refractivity (Wildman–Crippen MR) is 112 cm³/mol. The van der Waals surface area contributed by atoms with Gasteiger partial charge in [0.15, 0.2) is 5.13 Å². The Morgan fingerprint density at radius 2 is 1.89 bits per heavy atom. The molecule has 1 aromatic heterocycles. The molecule has 1 heterocycles. The maximum atomic E-state index is 12.6. The molecule has 0 aliphatic carbocycles. The molecule has 27 heavy (non-hydrogen) atoms. The maximum absolute atomic E-state index is 12.6. The van der Waals surface area contributed by atoms with E-state index in [1.807, 2.05) is 24.4 Å². The highest BCUT2D eigenvalue weighted by atomic mass is 32.1. The van der Waals surface area contributed by atoms with E-state index in [9.17, 15) is 4.79 Å². The van der Waals surface area contributed by atoms with Crippen LogP contribution in [0.2, 0.25) is 0 Å². The van der Waals surface area contributed by atoms with E-state index >= 15 is 0 Å². The molecular formula is C22H24N2O2S. The summed E-state index contributed by atoms with van der Waals surface area (Å²) in [5.41, 5.74) is 3.75. The SMILES string of the molecule is CCOc1ccccc1C(=O)Nc1nc(-c2ccc(C(C)CC)cc2)cs1. The minimum atomic E-state index is -0.216. The van der Waals surface area contributed by atoms with Crippen LogP contribution in [0.25, 0.3) is 11.3 Å². The van der Waals surface area contributed by atoms with Crippen molar-refractivity contribution in [3.63, 3.8) is 0 Å². The number of aromatic nitrogens is 1. The van der Waals surface area contributed by atoms with Crippen molar-refractivity contribution in [1.29, 1.82) is 0 Å². The summed E-state index contributed by atoms with van der Waals surface area (Å²) >= 11 is 1.42. The van der Waals surface area contributed by atoms with Crippen LogP contribution in [0, 0.1) is 0 Å². The first-order valence-electron chi connectivity index (χ1n) is 9.21. The van der Waals surface area contributed by atoms with Crippen molar-refractivity contribution in [2.24, 2.45) is 0 Å². The van der Waals surface area contributed by atoms with Gasteiger partial charge in [0.05, 0.1) is 17.9 Å². The lowest BCUT2D eigenvalue weighted by Gasteiger charge is -2.09. The Labute approximate surface area is 164 Å². The Bertz CT molecular complexity index is 903. The summed E-state index contributed by atoms with van der Waals surface area (Å²) in [6, 6.07) is 15.7. The molecule has 2 aromatic carbocycles. The average Bonchev–Trinajstić information content (AvgIpc) is 3.16. The first-order chi connectivity index (χ1) is 13.1. The number of benzene rings is 2. The number of para-hydroxylation sites is 1. The number of amides is 1. The van der Waals surface area contributed by atoms with Gasteiger partial charge in [-0.3, -0.25) is 10.1 Å². The lowest BCUT2D eigenvalue weighted by atomic mass is 9.97. The van der Waals surface area contributed by atoms with E-state index in [2.05, 4.69) is 48.4 Å². The molecule has 0 bridgehead atoms. The predicted octanol–water partition coefficient (Wildman–Crippen LogP) is 5.97. The van der Waals surface area contributed by atoms with E-state index in [1.54, 1.807) is 12.1 Å². The van der Waals surface area contributed by atoms with Crippen LogP contribution in [0.1, 0.15) is 49.0 Å². The van der Waals surface area contributed by atoms with Crippen molar-refractivity contribution in [2.45, 2.75) is 33.1 Å². The largest absolute Gasteiger partial charge is 0.493 e. The minimum absolute atomic E-state index is 0.216. The van der Waals surface area contributed by atoms with Crippen molar-refractivity contribution >= 4 is 22.4 Å². The molecule has 0 saturated heterocycles. The van der Waals surface area contributed by atoms with Gasteiger partial charge in [-0.05, 0) is 37.0 Å². The lowest BCUT2D eigenvalue weighted by molar-refractivity contribution is 0.102. The molecule has 1 N–H and O–H groups in total. The second-order valence-corrected chi connectivity index (χ2v) is 7.21. The van der Waals surface area contributed by atoms with Crippen molar-refractivity contribution in [1.82, 2.24) is 4.98 Å². The van der Waals surface area contributed by atoms with Crippen LogP contribution in [0.4, 0.5) is 5.13 Å². The Morgan fingerprint density at radius 3 is 2.59 bits per heavy atom. The summed E-state index contributed by atoms with van der Waals surface area (Å²) in [5.74, 6) is 0.914. The number of hydrogen-bond acceptors (Lipinski definition) is 4. The van der Waals surface area contributed by atoms with Gasteiger partial charge in [0.2, 0.25) is 0 Å². The fraction of sp³-hybridized carbons (Fsp3) is 0.273. The van der Waals surface area contributed by atoms with Gasteiger partial charge in [0.1, 0.15) is 5.75 Å². The number of ether oxygens (including phenoxy) is 1. The number of anilines is 1. The summed E-state index contributed by atoms with van der Waals surface area (Å²) in [7, 11) is 0. The van der Waals surface area contributed by atoms with Crippen LogP contribution < -0.4 is 10.1 Å². The van der Waals surface area contributed by atoms with Gasteiger partial charge < -0.3 is 4.74 Å². The second kappa shape index (κ2) is 8.82. The molecule has 0 fully saturated rings. The van der Waals surface area contributed by atoms with Crippen molar-refractivity contribution in [2.75, 3.05) is 11.9 Å². The van der Waals surface area contributed by atoms with E-state index in [4.69, 9.17) is 4.74 Å². The fourth-order valence-electron chi connectivity index (χ4n) is 2.78. The van der Waals surface area contributed by atoms with Crippen molar-refractivity contribution in [3.05, 3.63) is 65.0 Å². The Balaban J connectivity index is 1.74. The van der Waals surface area contributed by atoms with E-state index in [0.717, 1.165) is 17.7 Å². The van der Waals surface area contributed by atoms with Crippen molar-refractivity contribution < 1.29 is 9.53 Å². The molecule has 1 unspecified atom stereocenters. The zero-order valence-corrected chi connectivity index (χ0v) is 16.7. The number of rotatable bonds is 7. The molecule has 0 aliphatic rings. The summed E-state index contributed by atoms with van der Waals surface area (Å²) < 4.78 is 5.53. The highest BCUT2D eigenvalue weighted by Gasteiger charge is 2.14. The molecule has 4 nitrogen and oxygen atoms in total. The van der Waals surface area contributed by atoms with Gasteiger partial charge in [0.25, 0.3) is 5.91 Å². The fourth-order valence-corrected chi connectivity index (χ4v) is 3.50. The molecule has 0 spiro atoms. The van der Waals surface area contributed by atoms with E-state index < -0.39 is 0 Å². The molecule has 0 saturated carbocycles. The molecule has 0 aliphatic heterocycles. The molecule has 1 amide bonds. The molecule has 1 atom stereocenters. The number of hydrogen-bond donors (Lipinski definition) is 1. The number of nitrogens with zero attached hydrogens (tertiary/aromatic N) is 1. The van der Waals surface area contributed by atoms with E-state index in [0.29, 0.717) is 29.0 Å². The van der Waals surface area contributed by atoms with Crippen LogP contribution in [-0.4, -0.2) is 17.5 Å². The zero-order valence-electron chi connectivity index (χ0n) is 15.9. The summed E-state index contributed by atoms with van der Waals surface area (Å²) in [5, 5.41) is 5.41. The smallest absolute Gasteiger partial charge is 0.261 e. The van der Waals surface area contributed by atoms with Crippen LogP contribution in [-0.2, 0) is 0 Å². The zero-order chi connectivity index (χ0) is 19.2. The second-order valence-electron chi connectivity index (χ2n) is 6.35. The molecule has 0 radical (unpaired) electrons. The summed E-state index contributed by atoms with van der Waals surface area (Å²) in [6.07, 6.45) is 1.12. The Hall–Kier alpha value is -2.66. The molecule has 3 rings (SSSR count). The third-order valence-electron chi connectivity index (χ3n) is 4.54. The normalized spacial score (nSPS) is 11.8. The van der Waals surface area contributed by atoms with Gasteiger partial charge in [-0.15, -0.1) is 11.3 Å². The van der Waals surface area contributed by atoms with Gasteiger partial charge in [-0.2, -0.15) is 0 Å². The number of carbonyl (C=O) groups is 1. The molecule has 5 heteroatoms. The lowest BCUT2D eigenvalue weighted by Crippen LogP contribution is -2.13. The van der Waals surface area contributed by atoms with Crippen LogP contribution in [0.15, 0.2) is 53.9 Å². The number of carbonyl (C=O) groups excluding carboxylic acids is 1. The van der Waals surface area contributed by atoms with Crippen LogP contribution >= 0.6 is 11.3 Å². The highest BCUT2D eigenvalue weighted by molar-refractivity contribution is 7.14. The monoisotopic (exact) mass is 380 g/mol. The van der Waals surface area contributed by atoms with Crippen LogP contribution in [0.5, 0.6) is 5.75 Å². The third kappa shape index (κ3) is 4.55. The van der Waals surface area contributed by atoms with E-state index in [1.165, 1.54) is 16.9 Å². The van der Waals surface area contributed by atoms with Gasteiger partial charge in [-0.1, -0.05) is 50.2 Å². The van der Waals surface area contributed by atoms with Crippen LogP contribution in [0.3, 0.4) is 0 Å². The number of nitrogens with one attached hydrogen (secondary N) is 1. The molecular weight excluding hydrogens is 356 g/mol. The molecule has 3 aromatic rings. The quantitative estimate of drug-likeness (QED) is 0.549. The van der Waals surface area contributed by atoms with E-state index in [-0.39, 0.29) is 5.91 Å². The first-order valence-corrected chi connectivity index (χ1v) is 10.1. The third-order valence-corrected chi connectivity index (χ3v) is 5.30. The van der Waals surface area contributed by atoms with Gasteiger partial charge >= 0.3 is 0 Å². The standard InChI is InChI=1S/C22H24N2O2S/c1-4-15(3)16-10-12-17(13-11-16)19-14-27-22(23-19)24-21(25)18-8-6-7-9-20(18)26-5-2/h6-15H,4-5H2,1-3H3,(H,23,24,25). The summed E-state index contributed by atoms with van der Waals surface area (Å²) in [4.78, 5) is 17.1.